The van der Waals surface area contributed by atoms with Crippen LogP contribution in [0, 0.1) is 12.3 Å². The highest BCUT2D eigenvalue weighted by Gasteiger charge is 2.25. The van der Waals surface area contributed by atoms with Gasteiger partial charge >= 0.3 is 0 Å². The zero-order chi connectivity index (χ0) is 10.8. The Labute approximate surface area is 90.5 Å². The Bertz CT molecular complexity index is 405. The highest BCUT2D eigenvalue weighted by atomic mass is 16.3. The minimum atomic E-state index is 0.342. The quantitative estimate of drug-likeness (QED) is 0.739. The van der Waals surface area contributed by atoms with Crippen molar-refractivity contribution in [3.05, 3.63) is 29.3 Å². The predicted molar refractivity (Wildman–Crippen MR) is 60.6 cm³/mol. The number of aryl methyl sites for hydroxylation is 1. The maximum absolute atomic E-state index is 9.47. The molecule has 0 aliphatic heterocycles. The Morgan fingerprint density at radius 1 is 1.60 bits per heavy atom. The number of terminal acetylenes is 1. The van der Waals surface area contributed by atoms with Gasteiger partial charge in [0.15, 0.2) is 0 Å². The molecular weight excluding hydrogens is 186 g/mol. The molecule has 0 aromatic heterocycles. The van der Waals surface area contributed by atoms with Crippen LogP contribution in [0.3, 0.4) is 0 Å². The van der Waals surface area contributed by atoms with Crippen molar-refractivity contribution in [2.45, 2.75) is 18.9 Å². The van der Waals surface area contributed by atoms with E-state index in [4.69, 9.17) is 6.42 Å². The van der Waals surface area contributed by atoms with Gasteiger partial charge in [-0.05, 0) is 43.1 Å². The molecule has 0 heterocycles. The topological polar surface area (TPSA) is 23.5 Å². The van der Waals surface area contributed by atoms with E-state index in [2.05, 4.69) is 10.8 Å². The van der Waals surface area contributed by atoms with E-state index in [0.29, 0.717) is 18.3 Å². The summed E-state index contributed by atoms with van der Waals surface area (Å²) in [6.45, 7) is 0.653. The molecule has 1 atom stereocenters. The summed E-state index contributed by atoms with van der Waals surface area (Å²) in [6, 6.07) is 5.99. The van der Waals surface area contributed by atoms with E-state index in [9.17, 15) is 5.11 Å². The van der Waals surface area contributed by atoms with Gasteiger partial charge in [0.05, 0.1) is 6.54 Å². The molecule has 1 aromatic carbocycles. The first-order chi connectivity index (χ1) is 7.22. The molecule has 1 aliphatic carbocycles. The molecule has 2 heteroatoms. The number of phenolic OH excluding ortho intramolecular Hbond substituents is 1. The molecular formula is C13H15NO. The normalized spacial score (nSPS) is 18.9. The van der Waals surface area contributed by atoms with Crippen LogP contribution >= 0.6 is 0 Å². The van der Waals surface area contributed by atoms with Crippen molar-refractivity contribution in [1.82, 2.24) is 4.90 Å². The lowest BCUT2D eigenvalue weighted by Gasteiger charge is -2.22. The second-order valence-corrected chi connectivity index (χ2v) is 4.06. The first-order valence-electron chi connectivity index (χ1n) is 5.18. The van der Waals surface area contributed by atoms with Crippen LogP contribution in [0.4, 0.5) is 0 Å². The number of hydrogen-bond donors (Lipinski definition) is 1. The zero-order valence-corrected chi connectivity index (χ0v) is 8.90. The molecule has 1 aromatic rings. The third kappa shape index (κ3) is 1.84. The van der Waals surface area contributed by atoms with Crippen molar-refractivity contribution in [2.75, 3.05) is 13.6 Å². The molecule has 1 aliphatic rings. The maximum Gasteiger partial charge on any atom is 0.115 e. The van der Waals surface area contributed by atoms with Gasteiger partial charge < -0.3 is 5.11 Å². The van der Waals surface area contributed by atoms with Crippen molar-refractivity contribution < 1.29 is 5.11 Å². The maximum atomic E-state index is 9.47. The molecule has 15 heavy (non-hydrogen) atoms. The van der Waals surface area contributed by atoms with E-state index in [1.165, 1.54) is 11.1 Å². The van der Waals surface area contributed by atoms with Gasteiger partial charge in [0.1, 0.15) is 5.75 Å². The largest absolute Gasteiger partial charge is 0.508 e. The Hall–Kier alpha value is -1.46. The molecule has 2 rings (SSSR count). The van der Waals surface area contributed by atoms with Gasteiger partial charge in [-0.3, -0.25) is 4.90 Å². The van der Waals surface area contributed by atoms with Crippen LogP contribution < -0.4 is 0 Å². The third-order valence-corrected chi connectivity index (χ3v) is 3.05. The lowest BCUT2D eigenvalue weighted by molar-refractivity contribution is 0.274. The Kier molecular flexibility index (Phi) is 2.66. The van der Waals surface area contributed by atoms with Crippen molar-refractivity contribution in [3.8, 4) is 18.1 Å². The van der Waals surface area contributed by atoms with E-state index >= 15 is 0 Å². The zero-order valence-electron chi connectivity index (χ0n) is 8.90. The van der Waals surface area contributed by atoms with Crippen molar-refractivity contribution >= 4 is 0 Å². The number of nitrogens with zero attached hydrogens (tertiary/aromatic N) is 1. The number of hydrogen-bond acceptors (Lipinski definition) is 2. The molecule has 1 N–H and O–H groups in total. The van der Waals surface area contributed by atoms with Crippen LogP contribution in [0.25, 0.3) is 0 Å². The van der Waals surface area contributed by atoms with E-state index in [0.717, 1.165) is 12.8 Å². The Morgan fingerprint density at radius 2 is 2.40 bits per heavy atom. The van der Waals surface area contributed by atoms with E-state index in [1.54, 1.807) is 6.07 Å². The molecule has 0 spiro atoms. The van der Waals surface area contributed by atoms with E-state index in [-0.39, 0.29) is 0 Å². The van der Waals surface area contributed by atoms with Gasteiger partial charge in [-0.2, -0.15) is 0 Å². The van der Waals surface area contributed by atoms with Crippen LogP contribution in [0.2, 0.25) is 0 Å². The molecule has 0 radical (unpaired) electrons. The molecule has 0 saturated carbocycles. The second-order valence-electron chi connectivity index (χ2n) is 4.06. The molecule has 78 valence electrons. The number of rotatable bonds is 2. The molecule has 0 bridgehead atoms. The van der Waals surface area contributed by atoms with Gasteiger partial charge in [0.25, 0.3) is 0 Å². The fraction of sp³-hybridized carbons (Fsp3) is 0.385. The molecule has 0 fully saturated rings. The summed E-state index contributed by atoms with van der Waals surface area (Å²) in [5, 5.41) is 9.47. The smallest absolute Gasteiger partial charge is 0.115 e. The molecule has 0 amide bonds. The summed E-state index contributed by atoms with van der Waals surface area (Å²) >= 11 is 0. The highest BCUT2D eigenvalue weighted by molar-refractivity contribution is 5.40. The molecule has 0 saturated heterocycles. The SMILES string of the molecule is C#CCN(C)C1CCc2ccc(O)cc21. The minimum Gasteiger partial charge on any atom is -0.508 e. The minimum absolute atomic E-state index is 0.342. The first kappa shape index (κ1) is 10.1. The molecule has 2 nitrogen and oxygen atoms in total. The first-order valence-corrected chi connectivity index (χ1v) is 5.18. The fourth-order valence-corrected chi connectivity index (χ4v) is 2.28. The molecule has 1 unspecified atom stereocenters. The van der Waals surface area contributed by atoms with Crippen molar-refractivity contribution in [2.24, 2.45) is 0 Å². The number of aromatic hydroxyl groups is 1. The summed E-state index contributed by atoms with van der Waals surface area (Å²) in [7, 11) is 2.03. The second kappa shape index (κ2) is 3.96. The van der Waals surface area contributed by atoms with Crippen molar-refractivity contribution in [1.29, 1.82) is 0 Å². The summed E-state index contributed by atoms with van der Waals surface area (Å²) in [4.78, 5) is 2.16. The van der Waals surface area contributed by atoms with Gasteiger partial charge in [-0.1, -0.05) is 12.0 Å². The third-order valence-electron chi connectivity index (χ3n) is 3.05. The van der Waals surface area contributed by atoms with Crippen LogP contribution in [-0.4, -0.2) is 23.6 Å². The predicted octanol–water partition coefficient (Wildman–Crippen LogP) is 1.94. The summed E-state index contributed by atoms with van der Waals surface area (Å²) in [6.07, 6.45) is 7.48. The highest BCUT2D eigenvalue weighted by Crippen LogP contribution is 2.36. The summed E-state index contributed by atoms with van der Waals surface area (Å²) < 4.78 is 0. The van der Waals surface area contributed by atoms with E-state index in [1.807, 2.05) is 19.2 Å². The number of benzene rings is 1. The average Bonchev–Trinajstić information content (AvgIpc) is 2.60. The van der Waals surface area contributed by atoms with Crippen molar-refractivity contribution in [3.63, 3.8) is 0 Å². The average molecular weight is 201 g/mol. The number of phenols is 1. The lowest BCUT2D eigenvalue weighted by atomic mass is 10.1. The monoisotopic (exact) mass is 201 g/mol. The fourth-order valence-electron chi connectivity index (χ4n) is 2.28. The van der Waals surface area contributed by atoms with Gasteiger partial charge in [0.2, 0.25) is 0 Å². The van der Waals surface area contributed by atoms with Crippen LogP contribution in [0.5, 0.6) is 5.75 Å². The van der Waals surface area contributed by atoms with Gasteiger partial charge in [0, 0.05) is 6.04 Å². The van der Waals surface area contributed by atoms with Crippen LogP contribution in [-0.2, 0) is 6.42 Å². The summed E-state index contributed by atoms with van der Waals surface area (Å²) in [5.74, 6) is 3.00. The van der Waals surface area contributed by atoms with Crippen LogP contribution in [0.1, 0.15) is 23.6 Å². The lowest BCUT2D eigenvalue weighted by Crippen LogP contribution is -2.23. The van der Waals surface area contributed by atoms with Gasteiger partial charge in [-0.15, -0.1) is 6.42 Å². The van der Waals surface area contributed by atoms with E-state index < -0.39 is 0 Å². The number of fused-ring (bicyclic) bond motifs is 1. The standard InChI is InChI=1S/C13H15NO/c1-3-8-14(2)13-7-5-10-4-6-11(15)9-12(10)13/h1,4,6,9,13,15H,5,7-8H2,2H3. The Balaban J connectivity index is 2.28. The van der Waals surface area contributed by atoms with Gasteiger partial charge in [-0.25, -0.2) is 0 Å². The van der Waals surface area contributed by atoms with Crippen LogP contribution in [0.15, 0.2) is 18.2 Å². The Morgan fingerprint density at radius 3 is 3.13 bits per heavy atom. The summed E-state index contributed by atoms with van der Waals surface area (Å²) in [5.41, 5.74) is 2.56.